The van der Waals surface area contributed by atoms with Crippen molar-refractivity contribution in [3.05, 3.63) is 76.9 Å². The van der Waals surface area contributed by atoms with E-state index in [2.05, 4.69) is 74.3 Å². The van der Waals surface area contributed by atoms with E-state index in [4.69, 9.17) is 28.9 Å². The van der Waals surface area contributed by atoms with Crippen LogP contribution >= 0.6 is 34.0 Å². The van der Waals surface area contributed by atoms with Gasteiger partial charge in [0.1, 0.15) is 13.2 Å². The minimum Gasteiger partial charge on any atom is -0.488 e. The van der Waals surface area contributed by atoms with E-state index in [1.165, 1.54) is 11.1 Å². The van der Waals surface area contributed by atoms with Gasteiger partial charge in [-0.2, -0.15) is 0 Å². The highest BCUT2D eigenvalue weighted by molar-refractivity contribution is 7.28. The topological polar surface area (TPSA) is 75.6 Å². The number of hydrogen-bond acceptors (Lipinski definition) is 10. The zero-order valence-electron chi connectivity index (χ0n) is 26.4. The van der Waals surface area contributed by atoms with Gasteiger partial charge in [-0.25, -0.2) is 4.98 Å². The Kier molecular flexibility index (Phi) is 8.16. The SMILES string of the molecule is CCc1ccnc(-c2cc(CC)cc(-c3cc(-c4ccc(-c5sc(-c6sc(C)c7c6OCCCO7)c6c5OCCO6)s4)ccn3)n2)c1. The predicted molar refractivity (Wildman–Crippen MR) is 191 cm³/mol. The van der Waals surface area contributed by atoms with E-state index in [0.717, 1.165) is 99.9 Å². The summed E-state index contributed by atoms with van der Waals surface area (Å²) in [6, 6.07) is 17.0. The maximum absolute atomic E-state index is 6.26. The molecule has 0 aliphatic carbocycles. The summed E-state index contributed by atoms with van der Waals surface area (Å²) in [5, 5.41) is 0. The lowest BCUT2D eigenvalue weighted by Crippen LogP contribution is -2.14. The number of hydrogen-bond donors (Lipinski definition) is 0. The number of aromatic nitrogens is 3. The third kappa shape index (κ3) is 5.68. The summed E-state index contributed by atoms with van der Waals surface area (Å²) >= 11 is 5.12. The molecule has 10 heteroatoms. The minimum atomic E-state index is 0.518. The van der Waals surface area contributed by atoms with Gasteiger partial charge < -0.3 is 18.9 Å². The highest BCUT2D eigenvalue weighted by Crippen LogP contribution is 2.60. The van der Waals surface area contributed by atoms with Gasteiger partial charge in [-0.05, 0) is 85.0 Å². The van der Waals surface area contributed by atoms with Gasteiger partial charge in [-0.15, -0.1) is 34.0 Å². The summed E-state index contributed by atoms with van der Waals surface area (Å²) < 4.78 is 24.8. The molecule has 0 radical (unpaired) electrons. The maximum atomic E-state index is 6.26. The monoisotopic (exact) mass is 679 g/mol. The Morgan fingerprint density at radius 3 is 1.94 bits per heavy atom. The Balaban J connectivity index is 1.15. The van der Waals surface area contributed by atoms with Crippen LogP contribution < -0.4 is 18.9 Å². The van der Waals surface area contributed by atoms with Gasteiger partial charge in [0.15, 0.2) is 23.0 Å². The number of fused-ring (bicyclic) bond motifs is 2. The Bertz CT molecular complexity index is 2100. The Labute approximate surface area is 285 Å². The van der Waals surface area contributed by atoms with E-state index < -0.39 is 0 Å². The summed E-state index contributed by atoms with van der Waals surface area (Å²) in [6.07, 6.45) is 6.46. The quantitative estimate of drug-likeness (QED) is 0.166. The maximum Gasteiger partial charge on any atom is 0.181 e. The van der Waals surface area contributed by atoms with Gasteiger partial charge in [0, 0.05) is 33.4 Å². The fourth-order valence-corrected chi connectivity index (χ4v) is 9.32. The largest absolute Gasteiger partial charge is 0.488 e. The number of rotatable bonds is 7. The summed E-state index contributed by atoms with van der Waals surface area (Å²) in [6.45, 7) is 8.75. The molecule has 0 aromatic carbocycles. The summed E-state index contributed by atoms with van der Waals surface area (Å²) in [5.74, 6) is 3.28. The first-order valence-electron chi connectivity index (χ1n) is 15.9. The molecule has 6 aromatic rings. The third-order valence-corrected chi connectivity index (χ3v) is 12.0. The number of pyridine rings is 3. The van der Waals surface area contributed by atoms with Crippen molar-refractivity contribution in [3.63, 3.8) is 0 Å². The fraction of sp³-hybridized carbons (Fsp3) is 0.270. The molecule has 0 bridgehead atoms. The Hall–Kier alpha value is -4.25. The molecule has 6 aromatic heterocycles. The molecular formula is C37H33N3O4S3. The molecule has 238 valence electrons. The van der Waals surface area contributed by atoms with Crippen LogP contribution in [0.15, 0.2) is 60.9 Å². The molecule has 0 saturated heterocycles. The van der Waals surface area contributed by atoms with Crippen molar-refractivity contribution in [2.24, 2.45) is 0 Å². The van der Waals surface area contributed by atoms with Crippen molar-refractivity contribution in [2.45, 2.75) is 40.0 Å². The van der Waals surface area contributed by atoms with Gasteiger partial charge in [0.05, 0.1) is 50.6 Å². The molecular weight excluding hydrogens is 647 g/mol. The van der Waals surface area contributed by atoms with Crippen LogP contribution in [-0.2, 0) is 12.8 Å². The number of thiophene rings is 3. The van der Waals surface area contributed by atoms with Crippen LogP contribution in [0.1, 0.15) is 36.3 Å². The van der Waals surface area contributed by atoms with Crippen molar-refractivity contribution in [3.8, 4) is 75.7 Å². The van der Waals surface area contributed by atoms with Gasteiger partial charge in [-0.1, -0.05) is 13.8 Å². The van der Waals surface area contributed by atoms with Crippen LogP contribution in [0.4, 0.5) is 0 Å². The van der Waals surface area contributed by atoms with Crippen LogP contribution in [0.5, 0.6) is 23.0 Å². The van der Waals surface area contributed by atoms with E-state index in [-0.39, 0.29) is 0 Å². The molecule has 8 rings (SSSR count). The predicted octanol–water partition coefficient (Wildman–Crippen LogP) is 9.76. The molecule has 7 nitrogen and oxygen atoms in total. The van der Waals surface area contributed by atoms with Crippen LogP contribution in [0.25, 0.3) is 52.7 Å². The van der Waals surface area contributed by atoms with Crippen LogP contribution in [0.3, 0.4) is 0 Å². The van der Waals surface area contributed by atoms with Gasteiger partial charge in [0.2, 0.25) is 0 Å². The third-order valence-electron chi connectivity index (χ3n) is 8.30. The summed E-state index contributed by atoms with van der Waals surface area (Å²) in [4.78, 5) is 20.9. The second-order valence-electron chi connectivity index (χ2n) is 11.4. The molecule has 2 aliphatic rings. The lowest BCUT2D eigenvalue weighted by atomic mass is 10.1. The van der Waals surface area contributed by atoms with Gasteiger partial charge in [0.25, 0.3) is 0 Å². The number of aryl methyl sites for hydroxylation is 3. The summed E-state index contributed by atoms with van der Waals surface area (Å²) in [5.41, 5.74) is 6.98. The Morgan fingerprint density at radius 1 is 0.574 bits per heavy atom. The molecule has 0 N–H and O–H groups in total. The van der Waals surface area contributed by atoms with Crippen LogP contribution in [0.2, 0.25) is 0 Å². The first-order valence-corrected chi connectivity index (χ1v) is 18.4. The van der Waals surface area contributed by atoms with E-state index in [1.807, 2.05) is 12.4 Å². The fourth-order valence-electron chi connectivity index (χ4n) is 5.85. The van der Waals surface area contributed by atoms with Crippen molar-refractivity contribution in [1.82, 2.24) is 15.0 Å². The lowest BCUT2D eigenvalue weighted by molar-refractivity contribution is 0.175. The zero-order valence-corrected chi connectivity index (χ0v) is 28.9. The molecule has 0 atom stereocenters. The first-order chi connectivity index (χ1) is 23.1. The highest BCUT2D eigenvalue weighted by Gasteiger charge is 2.32. The van der Waals surface area contributed by atoms with Crippen molar-refractivity contribution >= 4 is 34.0 Å². The normalized spacial score (nSPS) is 13.9. The van der Waals surface area contributed by atoms with E-state index >= 15 is 0 Å². The second-order valence-corrected chi connectivity index (χ2v) is 14.7. The summed E-state index contributed by atoms with van der Waals surface area (Å²) in [7, 11) is 0. The van der Waals surface area contributed by atoms with E-state index in [0.29, 0.717) is 26.4 Å². The van der Waals surface area contributed by atoms with E-state index in [9.17, 15) is 0 Å². The van der Waals surface area contributed by atoms with Crippen LogP contribution in [0, 0.1) is 6.92 Å². The lowest BCUT2D eigenvalue weighted by Gasteiger charge is -2.17. The zero-order chi connectivity index (χ0) is 31.9. The molecule has 0 saturated carbocycles. The van der Waals surface area contributed by atoms with Gasteiger partial charge in [-0.3, -0.25) is 9.97 Å². The number of nitrogens with zero attached hydrogens (tertiary/aromatic N) is 3. The average molecular weight is 680 g/mol. The molecule has 0 amide bonds. The van der Waals surface area contributed by atoms with E-state index in [1.54, 1.807) is 34.0 Å². The highest BCUT2D eigenvalue weighted by atomic mass is 32.1. The molecule has 8 heterocycles. The van der Waals surface area contributed by atoms with Crippen molar-refractivity contribution < 1.29 is 18.9 Å². The molecule has 2 aliphatic heterocycles. The van der Waals surface area contributed by atoms with Gasteiger partial charge >= 0.3 is 0 Å². The minimum absolute atomic E-state index is 0.518. The Morgan fingerprint density at radius 2 is 1.17 bits per heavy atom. The standard InChI is InChI=1S/C37H33N3O4S3/c1-4-22-9-11-38-25(17-22)27-18-23(5-2)19-28(40-27)26-20-24(10-12-39-26)29-7-8-30(46-29)35-33-34(44-16-15-43-33)37(47-35)36-32-31(21(3)45-36)41-13-6-14-42-32/h7-12,17-20H,4-6,13-16H2,1-3H3. The first kappa shape index (κ1) is 30.1. The molecule has 47 heavy (non-hydrogen) atoms. The second kappa shape index (κ2) is 12.7. The average Bonchev–Trinajstić information content (AvgIpc) is 3.78. The molecule has 0 spiro atoms. The van der Waals surface area contributed by atoms with Crippen molar-refractivity contribution in [2.75, 3.05) is 26.4 Å². The van der Waals surface area contributed by atoms with Crippen LogP contribution in [-0.4, -0.2) is 41.4 Å². The number of ether oxygens (including phenoxy) is 4. The van der Waals surface area contributed by atoms with Crippen molar-refractivity contribution in [1.29, 1.82) is 0 Å². The molecule has 0 unspecified atom stereocenters. The smallest absolute Gasteiger partial charge is 0.181 e. The molecule has 0 fully saturated rings.